The van der Waals surface area contributed by atoms with Crippen LogP contribution in [0, 0.1) is 0 Å². The second kappa shape index (κ2) is 7.04. The summed E-state index contributed by atoms with van der Waals surface area (Å²) in [4.78, 5) is 4.28. The van der Waals surface area contributed by atoms with Gasteiger partial charge in [0.15, 0.2) is 0 Å². The van der Waals surface area contributed by atoms with Crippen molar-refractivity contribution in [3.8, 4) is 16.8 Å². The molecule has 0 bridgehead atoms. The highest BCUT2D eigenvalue weighted by atomic mass is 15.0. The predicted molar refractivity (Wildman–Crippen MR) is 139 cm³/mol. The van der Waals surface area contributed by atoms with Crippen LogP contribution in [0.15, 0.2) is 122 Å². The number of benzene rings is 5. The van der Waals surface area contributed by atoms with Gasteiger partial charge in [-0.1, -0.05) is 72.8 Å². The highest BCUT2D eigenvalue weighted by molar-refractivity contribution is 6.10. The zero-order valence-corrected chi connectivity index (χ0v) is 17.9. The van der Waals surface area contributed by atoms with Crippen molar-refractivity contribution in [3.63, 3.8) is 0 Å². The monoisotopic (exact) mass is 420 g/mol. The molecule has 2 aromatic heterocycles. The number of nitrogens with zero attached hydrogens (tertiary/aromatic N) is 2. The first-order chi connectivity index (χ1) is 16.4. The molecule has 0 aliphatic carbocycles. The highest BCUT2D eigenvalue weighted by Gasteiger charge is 2.13. The molecule has 0 amide bonds. The first kappa shape index (κ1) is 18.2. The fraction of sp³-hybridized carbons (Fsp3) is 0. The molecule has 0 aliphatic heterocycles. The van der Waals surface area contributed by atoms with Crippen LogP contribution >= 0.6 is 0 Å². The lowest BCUT2D eigenvalue weighted by atomic mass is 9.98. The second-order valence-corrected chi connectivity index (χ2v) is 8.52. The molecule has 2 heteroatoms. The van der Waals surface area contributed by atoms with E-state index in [1.807, 2.05) is 12.4 Å². The Balaban J connectivity index is 1.46. The fourth-order valence-corrected chi connectivity index (χ4v) is 5.09. The van der Waals surface area contributed by atoms with Crippen molar-refractivity contribution in [2.24, 2.45) is 0 Å². The van der Waals surface area contributed by atoms with Gasteiger partial charge in [0.05, 0.1) is 16.7 Å². The van der Waals surface area contributed by atoms with Crippen LogP contribution in [-0.4, -0.2) is 9.55 Å². The minimum absolute atomic E-state index is 1.16. The topological polar surface area (TPSA) is 17.8 Å². The third kappa shape index (κ3) is 2.78. The molecule has 0 saturated carbocycles. The van der Waals surface area contributed by atoms with Crippen LogP contribution in [0.3, 0.4) is 0 Å². The van der Waals surface area contributed by atoms with Crippen molar-refractivity contribution in [2.75, 3.05) is 0 Å². The van der Waals surface area contributed by atoms with Crippen molar-refractivity contribution in [1.29, 1.82) is 0 Å². The summed E-state index contributed by atoms with van der Waals surface area (Å²) in [5.74, 6) is 0. The summed E-state index contributed by atoms with van der Waals surface area (Å²) in [6, 6.07) is 39.4. The maximum absolute atomic E-state index is 4.28. The van der Waals surface area contributed by atoms with Gasteiger partial charge in [0.2, 0.25) is 0 Å². The summed E-state index contributed by atoms with van der Waals surface area (Å²) in [5.41, 5.74) is 6.10. The minimum atomic E-state index is 1.16. The van der Waals surface area contributed by atoms with E-state index in [1.165, 1.54) is 54.8 Å². The van der Waals surface area contributed by atoms with Crippen molar-refractivity contribution in [3.05, 3.63) is 122 Å². The molecule has 5 aromatic carbocycles. The third-order valence-corrected chi connectivity index (χ3v) is 6.65. The predicted octanol–water partition coefficient (Wildman–Crippen LogP) is 8.15. The number of hydrogen-bond acceptors (Lipinski definition) is 1. The Labute approximate surface area is 191 Å². The molecular formula is C31H20N2. The van der Waals surface area contributed by atoms with Crippen molar-refractivity contribution >= 4 is 43.4 Å². The van der Waals surface area contributed by atoms with Gasteiger partial charge in [0.25, 0.3) is 0 Å². The smallest absolute Gasteiger partial charge is 0.0541 e. The highest BCUT2D eigenvalue weighted by Crippen LogP contribution is 2.35. The molecule has 0 aliphatic rings. The van der Waals surface area contributed by atoms with Crippen molar-refractivity contribution < 1.29 is 0 Å². The zero-order chi connectivity index (χ0) is 21.8. The van der Waals surface area contributed by atoms with Crippen molar-refractivity contribution in [2.45, 2.75) is 0 Å². The van der Waals surface area contributed by atoms with Crippen LogP contribution in [0.25, 0.3) is 60.2 Å². The number of hydrogen-bond donors (Lipinski definition) is 0. The largest absolute Gasteiger partial charge is 0.309 e. The van der Waals surface area contributed by atoms with Gasteiger partial charge in [-0.2, -0.15) is 0 Å². The average Bonchev–Trinajstić information content (AvgIpc) is 3.22. The van der Waals surface area contributed by atoms with E-state index in [1.54, 1.807) is 0 Å². The fourth-order valence-electron chi connectivity index (χ4n) is 5.09. The Morgan fingerprint density at radius 1 is 0.485 bits per heavy atom. The lowest BCUT2D eigenvalue weighted by molar-refractivity contribution is 1.20. The first-order valence-electron chi connectivity index (χ1n) is 11.2. The molecule has 0 spiro atoms. The minimum Gasteiger partial charge on any atom is -0.309 e. The maximum atomic E-state index is 4.28. The van der Waals surface area contributed by atoms with Gasteiger partial charge in [0.1, 0.15) is 0 Å². The van der Waals surface area contributed by atoms with Crippen molar-refractivity contribution in [1.82, 2.24) is 9.55 Å². The van der Waals surface area contributed by atoms with E-state index in [2.05, 4.69) is 119 Å². The number of rotatable bonds is 2. The lowest BCUT2D eigenvalue weighted by Crippen LogP contribution is -1.95. The lowest BCUT2D eigenvalue weighted by Gasteiger charge is -2.13. The van der Waals surface area contributed by atoms with E-state index < -0.39 is 0 Å². The molecule has 0 fully saturated rings. The van der Waals surface area contributed by atoms with E-state index >= 15 is 0 Å². The van der Waals surface area contributed by atoms with E-state index in [9.17, 15) is 0 Å². The summed E-state index contributed by atoms with van der Waals surface area (Å²) < 4.78 is 2.40. The molecule has 7 aromatic rings. The molecule has 154 valence electrons. The third-order valence-electron chi connectivity index (χ3n) is 6.65. The summed E-state index contributed by atoms with van der Waals surface area (Å²) in [6.45, 7) is 0. The molecule has 2 nitrogen and oxygen atoms in total. The molecule has 0 atom stereocenters. The quantitative estimate of drug-likeness (QED) is 0.276. The zero-order valence-electron chi connectivity index (χ0n) is 17.9. The normalized spacial score (nSPS) is 11.6. The number of aromatic nitrogens is 2. The molecule has 0 saturated heterocycles. The molecule has 0 radical (unpaired) electrons. The molecular weight excluding hydrogens is 400 g/mol. The van der Waals surface area contributed by atoms with Crippen LogP contribution in [0.1, 0.15) is 0 Å². The number of pyridine rings is 1. The van der Waals surface area contributed by atoms with Crippen LogP contribution in [0.4, 0.5) is 0 Å². The summed E-state index contributed by atoms with van der Waals surface area (Å²) >= 11 is 0. The van der Waals surface area contributed by atoms with Crippen LogP contribution in [-0.2, 0) is 0 Å². The van der Waals surface area contributed by atoms with Gasteiger partial charge in [-0.3, -0.25) is 4.98 Å². The molecule has 0 unspecified atom stereocenters. The van der Waals surface area contributed by atoms with E-state index in [4.69, 9.17) is 0 Å². The standard InChI is InChI=1S/C31H20N2/c1-3-9-30-27(7-1)28-8-2-4-10-31(28)33(30)29-11-5-6-24-18-23(14-15-26(24)29)22-13-12-21-16-17-32-20-25(21)19-22/h1-20H. The van der Waals surface area contributed by atoms with Gasteiger partial charge in [0, 0.05) is 33.9 Å². The summed E-state index contributed by atoms with van der Waals surface area (Å²) in [7, 11) is 0. The van der Waals surface area contributed by atoms with E-state index in [0.717, 1.165) is 5.39 Å². The van der Waals surface area contributed by atoms with Gasteiger partial charge in [-0.25, -0.2) is 0 Å². The summed E-state index contributed by atoms with van der Waals surface area (Å²) in [5, 5.41) is 7.42. The maximum Gasteiger partial charge on any atom is 0.0541 e. The average molecular weight is 421 g/mol. The number of para-hydroxylation sites is 2. The van der Waals surface area contributed by atoms with Gasteiger partial charge in [-0.15, -0.1) is 0 Å². The Hall–Kier alpha value is -4.43. The Bertz CT molecular complexity index is 1770. The second-order valence-electron chi connectivity index (χ2n) is 8.52. The molecule has 2 heterocycles. The Morgan fingerprint density at radius 2 is 1.18 bits per heavy atom. The van der Waals surface area contributed by atoms with E-state index in [0.29, 0.717) is 0 Å². The Kier molecular flexibility index (Phi) is 3.88. The van der Waals surface area contributed by atoms with Crippen LogP contribution in [0.2, 0.25) is 0 Å². The Morgan fingerprint density at radius 3 is 1.97 bits per heavy atom. The number of fused-ring (bicyclic) bond motifs is 5. The van der Waals surface area contributed by atoms with Gasteiger partial charge >= 0.3 is 0 Å². The van der Waals surface area contributed by atoms with E-state index in [-0.39, 0.29) is 0 Å². The van der Waals surface area contributed by atoms with Gasteiger partial charge in [-0.05, 0) is 58.3 Å². The van der Waals surface area contributed by atoms with Crippen LogP contribution in [0.5, 0.6) is 0 Å². The van der Waals surface area contributed by atoms with Crippen LogP contribution < -0.4 is 0 Å². The van der Waals surface area contributed by atoms with Gasteiger partial charge < -0.3 is 4.57 Å². The first-order valence-corrected chi connectivity index (χ1v) is 11.2. The SMILES string of the molecule is c1cc(-n2c3ccccc3c3ccccc32)c2ccc(-c3ccc4ccncc4c3)cc2c1. The molecule has 7 rings (SSSR count). The molecule has 0 N–H and O–H groups in total. The summed E-state index contributed by atoms with van der Waals surface area (Å²) in [6.07, 6.45) is 3.77. The molecule has 33 heavy (non-hydrogen) atoms.